The zero-order valence-corrected chi connectivity index (χ0v) is 83.4. The van der Waals surface area contributed by atoms with Gasteiger partial charge in [-0.05, 0) is 194 Å². The monoisotopic (exact) mass is 1720 g/mol. The molecule has 0 saturated heterocycles. The Labute approximate surface area is 747 Å². The number of rotatable bonds is 68. The molecule has 0 spiro atoms. The van der Waals surface area contributed by atoms with Crippen molar-refractivity contribution in [2.75, 3.05) is 19.8 Å². The average Bonchev–Trinajstić information content (AvgIpc) is 0.765. The summed E-state index contributed by atoms with van der Waals surface area (Å²) in [6.07, 6.45) is 55.4. The Kier molecular flexibility index (Phi) is 52.2. The van der Waals surface area contributed by atoms with Crippen molar-refractivity contribution in [3.8, 4) is 34.5 Å². The summed E-state index contributed by atoms with van der Waals surface area (Å²) in [5.41, 5.74) is 13.4. The zero-order valence-electron chi connectivity index (χ0n) is 80.7. The molecule has 0 aliphatic carbocycles. The van der Waals surface area contributed by atoms with E-state index in [1.807, 2.05) is 0 Å². The van der Waals surface area contributed by atoms with E-state index in [1.54, 1.807) is 0 Å². The van der Waals surface area contributed by atoms with E-state index < -0.39 is 25.8 Å². The summed E-state index contributed by atoms with van der Waals surface area (Å²) in [6, 6.07) is 40.3. The fourth-order valence-corrected chi connectivity index (χ4v) is 20.0. The predicted octanol–water partition coefficient (Wildman–Crippen LogP) is 37.1. The summed E-state index contributed by atoms with van der Waals surface area (Å²) in [5.74, 6) is 5.05. The van der Waals surface area contributed by atoms with Gasteiger partial charge in [-0.15, -0.1) is 0 Å². The second-order valence-corrected chi connectivity index (χ2v) is 41.8. The van der Waals surface area contributed by atoms with Crippen molar-refractivity contribution in [2.24, 2.45) is 0 Å². The van der Waals surface area contributed by atoms with Crippen LogP contribution in [0.15, 0.2) is 109 Å². The molecule has 4 unspecified atom stereocenters. The van der Waals surface area contributed by atoms with Crippen LogP contribution in [-0.4, -0.2) is 19.8 Å². The van der Waals surface area contributed by atoms with E-state index >= 15 is 0 Å². The fourth-order valence-electron chi connectivity index (χ4n) is 16.8. The van der Waals surface area contributed by atoms with E-state index in [9.17, 15) is 0 Å². The van der Waals surface area contributed by atoms with Crippen LogP contribution in [0.1, 0.15) is 465 Å². The molecule has 0 amide bonds. The number of benzene rings is 6. The molecule has 4 atom stereocenters. The van der Waals surface area contributed by atoms with Crippen LogP contribution in [0.4, 0.5) is 0 Å². The van der Waals surface area contributed by atoms with E-state index in [-0.39, 0.29) is 28.1 Å². The summed E-state index contributed by atoms with van der Waals surface area (Å²) >= 11 is 0. The van der Waals surface area contributed by atoms with Gasteiger partial charge in [0.2, 0.25) is 0 Å². The van der Waals surface area contributed by atoms with Gasteiger partial charge in [-0.2, -0.15) is 0 Å². The highest BCUT2D eigenvalue weighted by molar-refractivity contribution is 7.43. The molecule has 0 aliphatic rings. The quantitative estimate of drug-likeness (QED) is 0.0274. The van der Waals surface area contributed by atoms with Crippen molar-refractivity contribution in [2.45, 2.75) is 455 Å². The van der Waals surface area contributed by atoms with Gasteiger partial charge in [-0.25, -0.2) is 0 Å². The van der Waals surface area contributed by atoms with E-state index in [0.717, 1.165) is 146 Å². The lowest BCUT2D eigenvalue weighted by Crippen LogP contribution is -2.19. The summed E-state index contributed by atoms with van der Waals surface area (Å²) in [4.78, 5) is 0. The largest absolute Gasteiger partial charge is 0.463 e. The van der Waals surface area contributed by atoms with Crippen molar-refractivity contribution in [3.63, 3.8) is 0 Å². The van der Waals surface area contributed by atoms with Crippen LogP contribution in [0.2, 0.25) is 0 Å². The van der Waals surface area contributed by atoms with Gasteiger partial charge in [0.15, 0.2) is 0 Å². The minimum absolute atomic E-state index is 0.0779. The molecule has 6 aromatic rings. The SMILES string of the molecule is CCCCCCCCCOP(Oc1ccccc1CCCCCCCCC)Oc1cc(C)c(C(C)CC(c2cc(C(C)(C)C)c(OP(OCCCCCCCCC)Oc3ccccc3CCCCCCCCC)cc2C)c2cc(C(C)(C)C)c(OP(OCCCCCCCCC)Oc3ccccc3CCCCCCCCC)cc2C)cc1C(C)(C)C. The smallest absolute Gasteiger partial charge is 0.417 e. The fraction of sp³-hybridized carbons (Fsp3) is 0.670. The van der Waals surface area contributed by atoms with Gasteiger partial charge in [-0.1, -0.05) is 415 Å². The highest BCUT2D eigenvalue weighted by Gasteiger charge is 2.35. The first kappa shape index (κ1) is 105. The van der Waals surface area contributed by atoms with Crippen LogP contribution in [0.25, 0.3) is 0 Å². The molecule has 0 aromatic heterocycles. The van der Waals surface area contributed by atoms with Crippen LogP contribution < -0.4 is 27.1 Å². The molecule has 121 heavy (non-hydrogen) atoms. The molecule has 6 aromatic carbocycles. The van der Waals surface area contributed by atoms with E-state index in [1.165, 1.54) is 251 Å². The normalized spacial score (nSPS) is 13.3. The zero-order chi connectivity index (χ0) is 87.5. The summed E-state index contributed by atoms with van der Waals surface area (Å²) in [6.45, 7) is 45.8. The minimum Gasteiger partial charge on any atom is -0.417 e. The number of hydrogen-bond donors (Lipinski definition) is 0. The molecule has 0 heterocycles. The first-order valence-corrected chi connectivity index (χ1v) is 52.8. The first-order chi connectivity index (χ1) is 58.4. The topological polar surface area (TPSA) is 83.1 Å². The maximum atomic E-state index is 7.41. The predicted molar refractivity (Wildman–Crippen MR) is 525 cm³/mol. The standard InChI is InChI=1S/C109H175O9P3/c1-20-26-32-38-44-50-56-68-91-71-59-62-74-101(91)113-119(110-77-65-53-47-41-35-29-23-4)116-104-81-88(8)94(84-98(104)107(11,12)13)87(7)80-97(95-85-99(108(14,15)16)105(82-89(95)9)117-120(111-78-66-54-48-42-36-30-24-5)114-102-75-63-60-72-92(102)69-57-51-45-39-33-27-21-2)96-86-100(109(17,18)19)106(83-90(96)10)118-121(112-79-67-55-49-43-37-31-25-6)115-103-76-64-61-73-93(103)70-58-52-46-40-34-28-22-3/h59-64,71-76,81-87,97H,20-58,65-70,77-80H2,1-19H3. The summed E-state index contributed by atoms with van der Waals surface area (Å²) in [7, 11) is -5.53. The molecular formula is C109H175O9P3. The van der Waals surface area contributed by atoms with Crippen LogP contribution >= 0.6 is 25.8 Å². The molecule has 0 fully saturated rings. The molecule has 0 N–H and O–H groups in total. The van der Waals surface area contributed by atoms with Crippen LogP contribution in [0.5, 0.6) is 34.5 Å². The molecule has 0 aliphatic heterocycles. The maximum Gasteiger partial charge on any atom is 0.463 e. The van der Waals surface area contributed by atoms with Gasteiger partial charge in [0, 0.05) is 22.6 Å². The Morgan fingerprint density at radius 3 is 0.727 bits per heavy atom. The average molecular weight is 1720 g/mol. The van der Waals surface area contributed by atoms with Gasteiger partial charge < -0.3 is 27.1 Å². The van der Waals surface area contributed by atoms with Crippen molar-refractivity contribution >= 4 is 25.8 Å². The van der Waals surface area contributed by atoms with Crippen LogP contribution in [0, 0.1) is 20.8 Å². The third-order valence-corrected chi connectivity index (χ3v) is 27.6. The Bertz CT molecular complexity index is 3560. The molecule has 9 nitrogen and oxygen atoms in total. The van der Waals surface area contributed by atoms with Gasteiger partial charge in [0.05, 0.1) is 19.8 Å². The van der Waals surface area contributed by atoms with Crippen molar-refractivity contribution < 1.29 is 40.7 Å². The number of hydrogen-bond acceptors (Lipinski definition) is 9. The molecule has 12 heteroatoms. The Balaban J connectivity index is 1.50. The second kappa shape index (κ2) is 60.1. The van der Waals surface area contributed by atoms with Gasteiger partial charge >= 0.3 is 25.8 Å². The molecular weight excluding hydrogens is 1550 g/mol. The Hall–Kier alpha value is -4.71. The van der Waals surface area contributed by atoms with Gasteiger partial charge in [-0.3, -0.25) is 13.6 Å². The van der Waals surface area contributed by atoms with E-state index in [4.69, 9.17) is 40.7 Å². The van der Waals surface area contributed by atoms with Crippen LogP contribution in [0.3, 0.4) is 0 Å². The Morgan fingerprint density at radius 1 is 0.256 bits per heavy atom. The summed E-state index contributed by atoms with van der Waals surface area (Å²) < 4.78 is 64.2. The number of para-hydroxylation sites is 3. The molecule has 680 valence electrons. The highest BCUT2D eigenvalue weighted by atomic mass is 31.2. The number of unbranched alkanes of at least 4 members (excludes halogenated alkanes) is 36. The third kappa shape index (κ3) is 40.4. The molecule has 0 saturated carbocycles. The maximum absolute atomic E-state index is 7.41. The van der Waals surface area contributed by atoms with Gasteiger partial charge in [0.1, 0.15) is 34.5 Å². The third-order valence-electron chi connectivity index (χ3n) is 24.3. The molecule has 0 bridgehead atoms. The van der Waals surface area contributed by atoms with E-state index in [2.05, 4.69) is 241 Å². The highest BCUT2D eigenvalue weighted by Crippen LogP contribution is 2.53. The van der Waals surface area contributed by atoms with Gasteiger partial charge in [0.25, 0.3) is 0 Å². The molecule has 0 radical (unpaired) electrons. The van der Waals surface area contributed by atoms with Crippen molar-refractivity contribution in [1.29, 1.82) is 0 Å². The number of aryl methyl sites for hydroxylation is 6. The minimum atomic E-state index is -1.86. The van der Waals surface area contributed by atoms with E-state index in [0.29, 0.717) is 19.8 Å². The van der Waals surface area contributed by atoms with Crippen molar-refractivity contribution in [1.82, 2.24) is 0 Å². The lowest BCUT2D eigenvalue weighted by molar-refractivity contribution is 0.255. The molecule has 6 rings (SSSR count). The first-order valence-electron chi connectivity index (χ1n) is 49.5. The second-order valence-electron chi connectivity index (χ2n) is 38.6. The summed E-state index contributed by atoms with van der Waals surface area (Å²) in [5, 5.41) is 0. The van der Waals surface area contributed by atoms with Crippen LogP contribution in [-0.2, 0) is 49.1 Å². The lowest BCUT2D eigenvalue weighted by atomic mass is 9.74. The lowest BCUT2D eigenvalue weighted by Gasteiger charge is -2.33. The Morgan fingerprint density at radius 2 is 0.471 bits per heavy atom. The van der Waals surface area contributed by atoms with Crippen molar-refractivity contribution in [3.05, 3.63) is 176 Å².